The average molecular weight is 286 g/mol. The van der Waals surface area contributed by atoms with Gasteiger partial charge in [-0.3, -0.25) is 14.5 Å². The number of hydrogen-bond acceptors (Lipinski definition) is 3. The lowest BCUT2D eigenvalue weighted by atomic mass is 10.1. The van der Waals surface area contributed by atoms with Crippen LogP contribution in [0.3, 0.4) is 0 Å². The topological polar surface area (TPSA) is 66.0 Å². The first-order valence-electron chi connectivity index (χ1n) is 6.98. The third-order valence-electron chi connectivity index (χ3n) is 3.41. The molecule has 0 saturated carbocycles. The number of nitrogens with two attached hydrogens (primary N) is 1. The molecule has 0 atom stereocenters. The van der Waals surface area contributed by atoms with Crippen molar-refractivity contribution in [1.29, 1.82) is 0 Å². The van der Waals surface area contributed by atoms with Crippen molar-refractivity contribution in [3.05, 3.63) is 59.4 Å². The molecule has 0 radical (unpaired) electrons. The van der Waals surface area contributed by atoms with Gasteiger partial charge in [-0.05, 0) is 19.1 Å². The van der Waals surface area contributed by atoms with E-state index >= 15 is 0 Å². The molecule has 0 bridgehead atoms. The Morgan fingerprint density at radius 3 is 2.38 bits per heavy atom. The van der Waals surface area contributed by atoms with Crippen molar-refractivity contribution < 1.29 is 14.9 Å². The zero-order valence-corrected chi connectivity index (χ0v) is 12.3. The van der Waals surface area contributed by atoms with Crippen LogP contribution in [0.5, 0.6) is 0 Å². The van der Waals surface area contributed by atoms with Gasteiger partial charge in [-0.1, -0.05) is 18.2 Å². The van der Waals surface area contributed by atoms with Crippen LogP contribution in [0.25, 0.3) is 0 Å². The van der Waals surface area contributed by atoms with E-state index in [1.54, 1.807) is 24.3 Å². The predicted molar refractivity (Wildman–Crippen MR) is 80.6 cm³/mol. The van der Waals surface area contributed by atoms with Crippen molar-refractivity contribution in [2.75, 3.05) is 20.1 Å². The number of nitrogens with one attached hydrogen (secondary N) is 1. The van der Waals surface area contributed by atoms with Gasteiger partial charge < -0.3 is 10.6 Å². The quantitative estimate of drug-likeness (QED) is 0.454. The number of carbonyl (C=O) groups excluding carboxylic acids is 2. The van der Waals surface area contributed by atoms with Gasteiger partial charge in [0, 0.05) is 18.8 Å². The van der Waals surface area contributed by atoms with Gasteiger partial charge in [0.1, 0.15) is 0 Å². The van der Waals surface area contributed by atoms with E-state index in [9.17, 15) is 9.59 Å². The molecular formula is C16H20N3O2+. The number of nitrogens with zero attached hydrogens (tertiary/aromatic N) is 1. The number of benzene rings is 1. The molecule has 0 aliphatic carbocycles. The first-order chi connectivity index (χ1) is 10.2. The fraction of sp³-hybridized carbons (Fsp3) is 0.250. The largest absolute Gasteiger partial charge is 0.388 e. The third kappa shape index (κ3) is 3.20. The second kappa shape index (κ2) is 6.85. The fourth-order valence-electron chi connectivity index (χ4n) is 2.24. The van der Waals surface area contributed by atoms with Gasteiger partial charge in [0.2, 0.25) is 0 Å². The van der Waals surface area contributed by atoms with Crippen molar-refractivity contribution in [3.63, 3.8) is 0 Å². The summed E-state index contributed by atoms with van der Waals surface area (Å²) < 4.78 is 0. The first kappa shape index (κ1) is 15.0. The highest BCUT2D eigenvalue weighted by Gasteiger charge is 2.34. The van der Waals surface area contributed by atoms with Crippen LogP contribution in [0, 0.1) is 0 Å². The number of quaternary nitrogens is 1. The molecule has 2 rings (SSSR count). The second-order valence-corrected chi connectivity index (χ2v) is 4.69. The summed E-state index contributed by atoms with van der Waals surface area (Å²) in [6.07, 6.45) is 5.83. The Bertz CT molecular complexity index is 570. The summed E-state index contributed by atoms with van der Waals surface area (Å²) in [5.74, 6) is -0.394. The van der Waals surface area contributed by atoms with Gasteiger partial charge in [-0.2, -0.15) is 0 Å². The molecule has 1 aromatic rings. The minimum Gasteiger partial charge on any atom is -0.388 e. The molecule has 0 aromatic heterocycles. The molecule has 0 saturated heterocycles. The lowest BCUT2D eigenvalue weighted by Gasteiger charge is -2.11. The number of fused-ring (bicyclic) bond motifs is 1. The van der Waals surface area contributed by atoms with Crippen LogP contribution in [0.2, 0.25) is 0 Å². The molecule has 0 unspecified atom stereocenters. The van der Waals surface area contributed by atoms with Crippen molar-refractivity contribution in [3.8, 4) is 0 Å². The maximum absolute atomic E-state index is 12.1. The van der Waals surface area contributed by atoms with Crippen LogP contribution < -0.4 is 10.6 Å². The summed E-state index contributed by atoms with van der Waals surface area (Å²) in [6.45, 7) is 3.00. The van der Waals surface area contributed by atoms with E-state index in [1.807, 2.05) is 37.6 Å². The third-order valence-corrected chi connectivity index (χ3v) is 3.41. The molecule has 0 spiro atoms. The van der Waals surface area contributed by atoms with Crippen LogP contribution >= 0.6 is 0 Å². The predicted octanol–water partition coefficient (Wildman–Crippen LogP) is 0.483. The molecule has 0 fully saturated rings. The van der Waals surface area contributed by atoms with Crippen LogP contribution in [0.15, 0.2) is 48.3 Å². The van der Waals surface area contributed by atoms with Gasteiger partial charge in [0.15, 0.2) is 0 Å². The maximum Gasteiger partial charge on any atom is 0.261 e. The Morgan fingerprint density at radius 1 is 1.24 bits per heavy atom. The SMILES string of the molecule is C/C=C(\C=C/[NH2+]CCN1C(=O)c2ccccc2C1=O)NC. The summed E-state index contributed by atoms with van der Waals surface area (Å²) in [5.41, 5.74) is 2.03. The number of hydrogen-bond donors (Lipinski definition) is 2. The van der Waals surface area contributed by atoms with E-state index < -0.39 is 0 Å². The fourth-order valence-corrected chi connectivity index (χ4v) is 2.24. The summed E-state index contributed by atoms with van der Waals surface area (Å²) in [6, 6.07) is 6.95. The molecule has 3 N–H and O–H groups in total. The van der Waals surface area contributed by atoms with E-state index in [-0.39, 0.29) is 11.8 Å². The van der Waals surface area contributed by atoms with E-state index in [0.29, 0.717) is 24.2 Å². The highest BCUT2D eigenvalue weighted by Crippen LogP contribution is 2.21. The molecule has 110 valence electrons. The highest BCUT2D eigenvalue weighted by molar-refractivity contribution is 6.21. The normalized spacial score (nSPS) is 15.0. The standard InChI is InChI=1S/C16H19N3O2/c1-3-12(17-2)8-9-18-10-11-19-15(20)13-6-4-5-7-14(13)16(19)21/h3-9,17-18H,10-11H2,1-2H3/p+1/b9-8-,12-3+. The summed E-state index contributed by atoms with van der Waals surface area (Å²) in [7, 11) is 1.86. The van der Waals surface area contributed by atoms with E-state index in [4.69, 9.17) is 0 Å². The molecule has 5 heteroatoms. The van der Waals surface area contributed by atoms with Crippen molar-refractivity contribution in [2.24, 2.45) is 0 Å². The lowest BCUT2D eigenvalue weighted by molar-refractivity contribution is -0.586. The van der Waals surface area contributed by atoms with Crippen LogP contribution in [0.1, 0.15) is 27.6 Å². The van der Waals surface area contributed by atoms with Gasteiger partial charge in [0.05, 0.1) is 30.4 Å². The van der Waals surface area contributed by atoms with Gasteiger partial charge in [0.25, 0.3) is 11.8 Å². The summed E-state index contributed by atoms with van der Waals surface area (Å²) in [5, 5.41) is 4.99. The molecule has 1 aromatic carbocycles. The zero-order chi connectivity index (χ0) is 15.2. The van der Waals surface area contributed by atoms with Gasteiger partial charge >= 0.3 is 0 Å². The highest BCUT2D eigenvalue weighted by atomic mass is 16.2. The molecule has 5 nitrogen and oxygen atoms in total. The molecule has 1 aliphatic heterocycles. The Labute approximate surface area is 124 Å². The monoisotopic (exact) mass is 286 g/mol. The Morgan fingerprint density at radius 2 is 1.86 bits per heavy atom. The molecule has 21 heavy (non-hydrogen) atoms. The Hall–Kier alpha value is -2.40. The number of amides is 2. The molecular weight excluding hydrogens is 266 g/mol. The van der Waals surface area contributed by atoms with Gasteiger partial charge in [-0.15, -0.1) is 0 Å². The smallest absolute Gasteiger partial charge is 0.261 e. The zero-order valence-electron chi connectivity index (χ0n) is 12.3. The molecule has 1 heterocycles. The number of imide groups is 1. The summed E-state index contributed by atoms with van der Waals surface area (Å²) in [4.78, 5) is 25.6. The van der Waals surface area contributed by atoms with Crippen molar-refractivity contribution in [2.45, 2.75) is 6.92 Å². The van der Waals surface area contributed by atoms with Crippen LogP contribution in [0.4, 0.5) is 0 Å². The number of allylic oxidation sites excluding steroid dienone is 2. The Kier molecular flexibility index (Phi) is 4.90. The van der Waals surface area contributed by atoms with Crippen LogP contribution in [-0.4, -0.2) is 36.9 Å². The average Bonchev–Trinajstić information content (AvgIpc) is 2.76. The molecule has 2 amide bonds. The van der Waals surface area contributed by atoms with Crippen LogP contribution in [-0.2, 0) is 0 Å². The van der Waals surface area contributed by atoms with Crippen molar-refractivity contribution in [1.82, 2.24) is 10.2 Å². The molecule has 1 aliphatic rings. The second-order valence-electron chi connectivity index (χ2n) is 4.69. The Balaban J connectivity index is 1.89. The van der Waals surface area contributed by atoms with Crippen molar-refractivity contribution >= 4 is 11.8 Å². The number of likely N-dealkylation sites (N-methyl/N-ethyl adjacent to an activating group) is 1. The van der Waals surface area contributed by atoms with Gasteiger partial charge in [-0.25, -0.2) is 0 Å². The van der Waals surface area contributed by atoms with E-state index in [0.717, 1.165) is 5.70 Å². The number of rotatable bonds is 6. The van der Waals surface area contributed by atoms with E-state index in [2.05, 4.69) is 5.32 Å². The minimum atomic E-state index is -0.197. The minimum absolute atomic E-state index is 0.197. The lowest BCUT2D eigenvalue weighted by Crippen LogP contribution is -2.80. The summed E-state index contributed by atoms with van der Waals surface area (Å²) >= 11 is 0. The first-order valence-corrected chi connectivity index (χ1v) is 6.98. The maximum atomic E-state index is 12.1. The van der Waals surface area contributed by atoms with E-state index in [1.165, 1.54) is 4.90 Å². The number of carbonyl (C=O) groups is 2.